The third-order valence-electron chi connectivity index (χ3n) is 4.93. The maximum absolute atomic E-state index is 12.0. The van der Waals surface area contributed by atoms with Crippen LogP contribution >= 0.6 is 0 Å². The number of nitrogens with two attached hydrogens (primary N) is 1. The Morgan fingerprint density at radius 1 is 1.18 bits per heavy atom. The lowest BCUT2D eigenvalue weighted by atomic mass is 9.98. The second-order valence-corrected chi connectivity index (χ2v) is 7.34. The molecule has 0 saturated carbocycles. The molecule has 0 aromatic carbocycles. The van der Waals surface area contributed by atoms with Crippen LogP contribution in [0, 0.1) is 0 Å². The lowest BCUT2D eigenvalue weighted by molar-refractivity contribution is -0.265. The zero-order valence-corrected chi connectivity index (χ0v) is 16.9. The van der Waals surface area contributed by atoms with Crippen LogP contribution in [0.1, 0.15) is 58.8 Å². The number of hydrogen-bond acceptors (Lipinski definition) is 8. The lowest BCUT2D eigenvalue weighted by Gasteiger charge is -2.40. The maximum atomic E-state index is 12.0. The molecule has 0 aromatic heterocycles. The smallest absolute Gasteiger partial charge is 0.220 e. The van der Waals surface area contributed by atoms with E-state index in [-0.39, 0.29) is 24.7 Å². The molecular weight excluding hydrogens is 368 g/mol. The monoisotopic (exact) mass is 404 g/mol. The fraction of sp³-hybridized carbons (Fsp3) is 0.895. The van der Waals surface area contributed by atoms with Gasteiger partial charge in [0.2, 0.25) is 5.91 Å². The van der Waals surface area contributed by atoms with Crippen LogP contribution in [0.4, 0.5) is 0 Å². The van der Waals surface area contributed by atoms with Gasteiger partial charge in [-0.1, -0.05) is 26.2 Å². The van der Waals surface area contributed by atoms with Crippen molar-refractivity contribution in [3.8, 4) is 0 Å². The first-order valence-corrected chi connectivity index (χ1v) is 10.1. The first kappa shape index (κ1) is 24.9. The van der Waals surface area contributed by atoms with Gasteiger partial charge in [0.1, 0.15) is 18.3 Å². The highest BCUT2D eigenvalue weighted by Crippen LogP contribution is 2.20. The van der Waals surface area contributed by atoms with E-state index in [2.05, 4.69) is 12.2 Å². The number of aliphatic hydroxyl groups excluding tert-OH is 3. The molecule has 0 radical (unpaired) electrons. The molecule has 1 aliphatic heterocycles. The number of Topliss-reactive ketones (excluding diaryl/α,β-unsaturated/α-hetero) is 1. The number of amides is 1. The fourth-order valence-corrected chi connectivity index (χ4v) is 3.08. The van der Waals surface area contributed by atoms with Gasteiger partial charge in [0.15, 0.2) is 12.1 Å². The van der Waals surface area contributed by atoms with Crippen molar-refractivity contribution in [2.24, 2.45) is 5.73 Å². The quantitative estimate of drug-likeness (QED) is 0.260. The Morgan fingerprint density at radius 2 is 1.89 bits per heavy atom. The minimum absolute atomic E-state index is 0.0320. The summed E-state index contributed by atoms with van der Waals surface area (Å²) in [7, 11) is 0. The van der Waals surface area contributed by atoms with E-state index >= 15 is 0 Å². The number of aliphatic hydroxyl groups is 3. The van der Waals surface area contributed by atoms with Crippen LogP contribution in [-0.4, -0.2) is 76.9 Å². The van der Waals surface area contributed by atoms with Crippen molar-refractivity contribution < 1.29 is 34.4 Å². The summed E-state index contributed by atoms with van der Waals surface area (Å²) in [6.45, 7) is 3.37. The van der Waals surface area contributed by atoms with Gasteiger partial charge in [-0.2, -0.15) is 0 Å². The predicted octanol–water partition coefficient (Wildman–Crippen LogP) is -0.406. The number of nitrogens with one attached hydrogen (secondary N) is 1. The SMILES string of the molecule is CCCCCC(NC(=O)CCCCO[C@@H]1OC(CO)[C@H](O)[C@H](O)C1N)C(C)=O. The molecule has 0 bridgehead atoms. The average Bonchev–Trinajstić information content (AvgIpc) is 2.66. The van der Waals surface area contributed by atoms with Crippen LogP contribution in [-0.2, 0) is 19.1 Å². The highest BCUT2D eigenvalue weighted by atomic mass is 16.7. The van der Waals surface area contributed by atoms with Gasteiger partial charge in [0, 0.05) is 13.0 Å². The summed E-state index contributed by atoms with van der Waals surface area (Å²) in [4.78, 5) is 23.7. The van der Waals surface area contributed by atoms with Gasteiger partial charge in [-0.15, -0.1) is 0 Å². The Kier molecular flexibility index (Phi) is 11.7. The van der Waals surface area contributed by atoms with Crippen LogP contribution in [0.2, 0.25) is 0 Å². The van der Waals surface area contributed by atoms with Gasteiger partial charge in [-0.3, -0.25) is 9.59 Å². The van der Waals surface area contributed by atoms with Gasteiger partial charge < -0.3 is 35.8 Å². The van der Waals surface area contributed by atoms with Crippen molar-refractivity contribution in [3.05, 3.63) is 0 Å². The summed E-state index contributed by atoms with van der Waals surface area (Å²) in [5, 5.41) is 31.6. The van der Waals surface area contributed by atoms with Crippen molar-refractivity contribution in [2.45, 2.75) is 95.5 Å². The summed E-state index contributed by atoms with van der Waals surface area (Å²) in [5.74, 6) is -0.198. The second kappa shape index (κ2) is 13.2. The Morgan fingerprint density at radius 3 is 2.50 bits per heavy atom. The third-order valence-corrected chi connectivity index (χ3v) is 4.93. The number of unbranched alkanes of at least 4 members (excludes halogenated alkanes) is 3. The molecule has 6 atom stereocenters. The molecule has 1 heterocycles. The molecule has 3 unspecified atom stereocenters. The van der Waals surface area contributed by atoms with Gasteiger partial charge >= 0.3 is 0 Å². The van der Waals surface area contributed by atoms with Crippen LogP contribution in [0.15, 0.2) is 0 Å². The highest BCUT2D eigenvalue weighted by molar-refractivity contribution is 5.87. The number of hydrogen-bond donors (Lipinski definition) is 5. The molecule has 164 valence electrons. The maximum Gasteiger partial charge on any atom is 0.220 e. The molecule has 1 fully saturated rings. The Hall–Kier alpha value is -1.10. The second-order valence-electron chi connectivity index (χ2n) is 7.34. The van der Waals surface area contributed by atoms with Crippen molar-refractivity contribution >= 4 is 11.7 Å². The standard InChI is InChI=1S/C19H36N2O7/c1-3-4-5-8-13(12(2)23)21-15(24)9-6-7-10-27-19-16(20)18(26)17(25)14(11-22)28-19/h13-14,16-19,22,25-26H,3-11,20H2,1-2H3,(H,21,24)/t13?,14?,16?,17-,18+,19+/m0/s1. The fourth-order valence-electron chi connectivity index (χ4n) is 3.08. The van der Waals surface area contributed by atoms with Crippen LogP contribution in [0.5, 0.6) is 0 Å². The van der Waals surface area contributed by atoms with Crippen LogP contribution < -0.4 is 11.1 Å². The summed E-state index contributed by atoms with van der Waals surface area (Å²) < 4.78 is 10.9. The van der Waals surface area contributed by atoms with Gasteiger partial charge in [0.05, 0.1) is 18.7 Å². The van der Waals surface area contributed by atoms with E-state index in [0.29, 0.717) is 19.3 Å². The largest absolute Gasteiger partial charge is 0.394 e. The van der Waals surface area contributed by atoms with Gasteiger partial charge in [0.25, 0.3) is 0 Å². The molecule has 0 aliphatic carbocycles. The molecule has 1 saturated heterocycles. The van der Waals surface area contributed by atoms with Crippen molar-refractivity contribution in [1.29, 1.82) is 0 Å². The van der Waals surface area contributed by atoms with E-state index in [0.717, 1.165) is 19.3 Å². The number of carbonyl (C=O) groups is 2. The molecule has 1 rings (SSSR count). The molecule has 28 heavy (non-hydrogen) atoms. The normalized spacial score (nSPS) is 28.7. The first-order valence-electron chi connectivity index (χ1n) is 10.1. The predicted molar refractivity (Wildman–Crippen MR) is 102 cm³/mol. The molecule has 6 N–H and O–H groups in total. The molecular formula is C19H36N2O7. The van der Waals surface area contributed by atoms with Crippen molar-refractivity contribution in [3.63, 3.8) is 0 Å². The van der Waals surface area contributed by atoms with E-state index in [1.165, 1.54) is 6.92 Å². The molecule has 0 spiro atoms. The topological polar surface area (TPSA) is 151 Å². The minimum atomic E-state index is -1.27. The van der Waals surface area contributed by atoms with Gasteiger partial charge in [-0.25, -0.2) is 0 Å². The summed E-state index contributed by atoms with van der Waals surface area (Å²) in [5.41, 5.74) is 5.79. The Labute approximate surface area is 166 Å². The van der Waals surface area contributed by atoms with E-state index < -0.39 is 43.3 Å². The number of ketones is 1. The highest BCUT2D eigenvalue weighted by Gasteiger charge is 2.42. The number of rotatable bonds is 13. The van der Waals surface area contributed by atoms with E-state index in [4.69, 9.17) is 15.2 Å². The van der Waals surface area contributed by atoms with Crippen LogP contribution in [0.3, 0.4) is 0 Å². The third kappa shape index (κ3) is 8.10. The lowest BCUT2D eigenvalue weighted by Crippen LogP contribution is -2.62. The van der Waals surface area contributed by atoms with Crippen molar-refractivity contribution in [2.75, 3.05) is 13.2 Å². The molecule has 9 nitrogen and oxygen atoms in total. The molecule has 1 amide bonds. The average molecular weight is 405 g/mol. The summed E-state index contributed by atoms with van der Waals surface area (Å²) in [6.07, 6.45) is 0.637. The minimum Gasteiger partial charge on any atom is -0.394 e. The molecule has 1 aliphatic rings. The summed E-state index contributed by atoms with van der Waals surface area (Å²) in [6, 6.07) is -1.35. The van der Waals surface area contributed by atoms with E-state index in [1.807, 2.05) is 0 Å². The Balaban J connectivity index is 2.27. The number of ether oxygens (including phenoxy) is 2. The molecule has 0 aromatic rings. The van der Waals surface area contributed by atoms with Crippen LogP contribution in [0.25, 0.3) is 0 Å². The zero-order valence-electron chi connectivity index (χ0n) is 16.9. The van der Waals surface area contributed by atoms with Crippen molar-refractivity contribution in [1.82, 2.24) is 5.32 Å². The Bertz CT molecular complexity index is 475. The molecule has 9 heteroatoms. The summed E-state index contributed by atoms with van der Waals surface area (Å²) >= 11 is 0. The van der Waals surface area contributed by atoms with Gasteiger partial charge in [-0.05, 0) is 26.2 Å². The zero-order chi connectivity index (χ0) is 21.1. The van der Waals surface area contributed by atoms with E-state index in [1.54, 1.807) is 0 Å². The van der Waals surface area contributed by atoms with E-state index in [9.17, 15) is 24.9 Å². The first-order chi connectivity index (χ1) is 13.3. The number of carbonyl (C=O) groups excluding carboxylic acids is 2.